The second kappa shape index (κ2) is 3.81. The van der Waals surface area contributed by atoms with E-state index in [2.05, 4.69) is 5.10 Å². The van der Waals surface area contributed by atoms with Crippen LogP contribution in [0, 0.1) is 13.8 Å². The minimum atomic E-state index is -0.200. The quantitative estimate of drug-likeness (QED) is 0.788. The molecule has 1 aromatic carbocycles. The van der Waals surface area contributed by atoms with E-state index in [9.17, 15) is 4.79 Å². The monoisotopic (exact) mass is 215 g/mol. The second-order valence-electron chi connectivity index (χ2n) is 3.80. The number of anilines is 1. The van der Waals surface area contributed by atoms with Gasteiger partial charge in [-0.25, -0.2) is 0 Å². The molecule has 2 aromatic rings. The Balaban J connectivity index is 2.43. The molecule has 82 valence electrons. The van der Waals surface area contributed by atoms with Crippen LogP contribution in [0.5, 0.6) is 0 Å². The normalized spacial score (nSPS) is 10.4. The summed E-state index contributed by atoms with van der Waals surface area (Å²) < 4.78 is 1.23. The SMILES string of the molecule is Cc1cccc(C(=O)n2nc(C)cc2N)c1. The maximum atomic E-state index is 12.1. The Kier molecular flexibility index (Phi) is 2.48. The van der Waals surface area contributed by atoms with E-state index in [0.29, 0.717) is 11.4 Å². The van der Waals surface area contributed by atoms with Crippen molar-refractivity contribution in [2.45, 2.75) is 13.8 Å². The van der Waals surface area contributed by atoms with Gasteiger partial charge >= 0.3 is 0 Å². The molecule has 0 fully saturated rings. The van der Waals surface area contributed by atoms with Crippen molar-refractivity contribution in [2.24, 2.45) is 0 Å². The van der Waals surface area contributed by atoms with Crippen LogP contribution in [0.25, 0.3) is 0 Å². The third kappa shape index (κ3) is 1.82. The van der Waals surface area contributed by atoms with Gasteiger partial charge in [-0.1, -0.05) is 17.7 Å². The first kappa shape index (κ1) is 10.4. The summed E-state index contributed by atoms with van der Waals surface area (Å²) >= 11 is 0. The number of nitrogens with zero attached hydrogens (tertiary/aromatic N) is 2. The average molecular weight is 215 g/mol. The molecule has 0 radical (unpaired) electrons. The first-order chi connectivity index (χ1) is 7.58. The van der Waals surface area contributed by atoms with Gasteiger partial charge in [-0.15, -0.1) is 0 Å². The molecule has 0 saturated carbocycles. The van der Waals surface area contributed by atoms with Crippen molar-refractivity contribution in [3.63, 3.8) is 0 Å². The summed E-state index contributed by atoms with van der Waals surface area (Å²) in [6.45, 7) is 3.74. The molecular weight excluding hydrogens is 202 g/mol. The fourth-order valence-corrected chi connectivity index (χ4v) is 1.58. The number of carbonyl (C=O) groups is 1. The smallest absolute Gasteiger partial charge is 0.280 e. The van der Waals surface area contributed by atoms with Crippen LogP contribution < -0.4 is 5.73 Å². The van der Waals surface area contributed by atoms with Gasteiger partial charge in [0.2, 0.25) is 0 Å². The van der Waals surface area contributed by atoms with Crippen LogP contribution in [0.3, 0.4) is 0 Å². The van der Waals surface area contributed by atoms with Gasteiger partial charge < -0.3 is 5.73 Å². The summed E-state index contributed by atoms with van der Waals surface area (Å²) in [7, 11) is 0. The van der Waals surface area contributed by atoms with Crippen LogP contribution >= 0.6 is 0 Å². The first-order valence-corrected chi connectivity index (χ1v) is 5.01. The van der Waals surface area contributed by atoms with Crippen molar-refractivity contribution in [3.8, 4) is 0 Å². The Morgan fingerprint density at radius 3 is 2.62 bits per heavy atom. The molecule has 0 unspecified atom stereocenters. The van der Waals surface area contributed by atoms with E-state index in [-0.39, 0.29) is 5.91 Å². The second-order valence-corrected chi connectivity index (χ2v) is 3.80. The van der Waals surface area contributed by atoms with Crippen molar-refractivity contribution < 1.29 is 4.79 Å². The van der Waals surface area contributed by atoms with Crippen molar-refractivity contribution in [1.29, 1.82) is 0 Å². The molecular formula is C12H13N3O. The minimum Gasteiger partial charge on any atom is -0.383 e. The highest BCUT2D eigenvalue weighted by Crippen LogP contribution is 2.10. The van der Waals surface area contributed by atoms with Gasteiger partial charge in [-0.3, -0.25) is 4.79 Å². The summed E-state index contributed by atoms with van der Waals surface area (Å²) in [4.78, 5) is 12.1. The van der Waals surface area contributed by atoms with Gasteiger partial charge in [0.05, 0.1) is 5.69 Å². The van der Waals surface area contributed by atoms with E-state index in [1.165, 1.54) is 4.68 Å². The molecule has 0 aliphatic heterocycles. The lowest BCUT2D eigenvalue weighted by Gasteiger charge is -2.03. The highest BCUT2D eigenvalue weighted by atomic mass is 16.2. The molecule has 0 amide bonds. The predicted octanol–water partition coefficient (Wildman–Crippen LogP) is 1.77. The standard InChI is InChI=1S/C12H13N3O/c1-8-4-3-5-10(6-8)12(16)15-11(13)7-9(2)14-15/h3-7H,13H2,1-2H3. The third-order valence-corrected chi connectivity index (χ3v) is 2.32. The van der Waals surface area contributed by atoms with Crippen LogP contribution in [-0.4, -0.2) is 15.7 Å². The number of nitrogen functional groups attached to an aromatic ring is 1. The molecule has 1 aromatic heterocycles. The number of aryl methyl sites for hydroxylation is 2. The van der Waals surface area contributed by atoms with Gasteiger partial charge in [0, 0.05) is 11.6 Å². The summed E-state index contributed by atoms with van der Waals surface area (Å²) in [5, 5.41) is 4.06. The summed E-state index contributed by atoms with van der Waals surface area (Å²) in [6, 6.07) is 9.03. The molecule has 0 spiro atoms. The van der Waals surface area contributed by atoms with Crippen LogP contribution in [0.1, 0.15) is 21.6 Å². The lowest BCUT2D eigenvalue weighted by atomic mass is 10.1. The maximum absolute atomic E-state index is 12.1. The Morgan fingerprint density at radius 1 is 1.31 bits per heavy atom. The highest BCUT2D eigenvalue weighted by molar-refractivity contribution is 5.97. The Bertz CT molecular complexity index is 543. The molecule has 0 aliphatic carbocycles. The number of benzene rings is 1. The summed E-state index contributed by atoms with van der Waals surface area (Å²) in [5.74, 6) is 0.165. The summed E-state index contributed by atoms with van der Waals surface area (Å²) in [5.41, 5.74) is 8.06. The van der Waals surface area contributed by atoms with Crippen molar-refractivity contribution in [3.05, 3.63) is 47.2 Å². The molecule has 4 heteroatoms. The highest BCUT2D eigenvalue weighted by Gasteiger charge is 2.12. The fourth-order valence-electron chi connectivity index (χ4n) is 1.58. The zero-order chi connectivity index (χ0) is 11.7. The number of carbonyl (C=O) groups excluding carboxylic acids is 1. The molecule has 4 nitrogen and oxygen atoms in total. The molecule has 0 bridgehead atoms. The Labute approximate surface area is 93.7 Å². The lowest BCUT2D eigenvalue weighted by Crippen LogP contribution is -2.16. The molecule has 2 rings (SSSR count). The molecule has 2 N–H and O–H groups in total. The van der Waals surface area contributed by atoms with Gasteiger partial charge in [-0.05, 0) is 26.0 Å². The van der Waals surface area contributed by atoms with E-state index in [4.69, 9.17) is 5.73 Å². The van der Waals surface area contributed by atoms with E-state index >= 15 is 0 Å². The van der Waals surface area contributed by atoms with E-state index in [1.807, 2.05) is 25.1 Å². The Hall–Kier alpha value is -2.10. The number of hydrogen-bond donors (Lipinski definition) is 1. The van der Waals surface area contributed by atoms with E-state index in [1.54, 1.807) is 19.1 Å². The predicted molar refractivity (Wildman–Crippen MR) is 62.3 cm³/mol. The Morgan fingerprint density at radius 2 is 2.06 bits per heavy atom. The van der Waals surface area contributed by atoms with Crippen LogP contribution in [0.2, 0.25) is 0 Å². The average Bonchev–Trinajstić information content (AvgIpc) is 2.57. The molecule has 0 saturated heterocycles. The first-order valence-electron chi connectivity index (χ1n) is 5.01. The van der Waals surface area contributed by atoms with Gasteiger partial charge in [0.15, 0.2) is 0 Å². The molecule has 0 aliphatic rings. The fraction of sp³-hybridized carbons (Fsp3) is 0.167. The number of aromatic nitrogens is 2. The number of rotatable bonds is 1. The molecule has 16 heavy (non-hydrogen) atoms. The van der Waals surface area contributed by atoms with Crippen molar-refractivity contribution in [2.75, 3.05) is 5.73 Å². The lowest BCUT2D eigenvalue weighted by molar-refractivity contribution is 0.0947. The number of nitrogens with two attached hydrogens (primary N) is 1. The molecule has 1 heterocycles. The summed E-state index contributed by atoms with van der Waals surface area (Å²) in [6.07, 6.45) is 0. The minimum absolute atomic E-state index is 0.200. The zero-order valence-electron chi connectivity index (χ0n) is 9.27. The number of hydrogen-bond acceptors (Lipinski definition) is 3. The van der Waals surface area contributed by atoms with Gasteiger partial charge in [0.25, 0.3) is 5.91 Å². The van der Waals surface area contributed by atoms with E-state index < -0.39 is 0 Å². The zero-order valence-corrected chi connectivity index (χ0v) is 9.27. The topological polar surface area (TPSA) is 60.9 Å². The van der Waals surface area contributed by atoms with Crippen LogP contribution in [0.15, 0.2) is 30.3 Å². The van der Waals surface area contributed by atoms with Crippen molar-refractivity contribution in [1.82, 2.24) is 9.78 Å². The van der Waals surface area contributed by atoms with Crippen molar-refractivity contribution >= 4 is 11.7 Å². The van der Waals surface area contributed by atoms with Gasteiger partial charge in [-0.2, -0.15) is 9.78 Å². The van der Waals surface area contributed by atoms with Crippen LogP contribution in [-0.2, 0) is 0 Å². The maximum Gasteiger partial charge on any atom is 0.280 e. The van der Waals surface area contributed by atoms with Crippen LogP contribution in [0.4, 0.5) is 5.82 Å². The largest absolute Gasteiger partial charge is 0.383 e. The molecule has 0 atom stereocenters. The van der Waals surface area contributed by atoms with Gasteiger partial charge in [0.1, 0.15) is 5.82 Å². The third-order valence-electron chi connectivity index (χ3n) is 2.32. The van der Waals surface area contributed by atoms with E-state index in [0.717, 1.165) is 11.3 Å².